The normalized spacial score (nSPS) is 16.9. The number of fused-ring (bicyclic) bond motifs is 1. The molecule has 0 fully saturated rings. The van der Waals surface area contributed by atoms with Gasteiger partial charge in [0, 0.05) is 17.3 Å². The SMILES string of the molecule is COc1ccc(C2NC(=O)c3ccccc3N2)c(O)c1. The van der Waals surface area contributed by atoms with Gasteiger partial charge in [-0.25, -0.2) is 0 Å². The van der Waals surface area contributed by atoms with E-state index in [1.165, 1.54) is 13.2 Å². The molecule has 1 unspecified atom stereocenters. The second kappa shape index (κ2) is 4.77. The number of anilines is 1. The maximum Gasteiger partial charge on any atom is 0.255 e. The predicted molar refractivity (Wildman–Crippen MR) is 74.9 cm³/mol. The molecule has 2 aromatic carbocycles. The number of methoxy groups -OCH3 is 1. The summed E-state index contributed by atoms with van der Waals surface area (Å²) < 4.78 is 5.05. The Hall–Kier alpha value is -2.69. The molecule has 1 aliphatic rings. The lowest BCUT2D eigenvalue weighted by molar-refractivity contribution is 0.0935. The quantitative estimate of drug-likeness (QED) is 0.782. The maximum atomic E-state index is 12.0. The fourth-order valence-electron chi connectivity index (χ4n) is 2.26. The van der Waals surface area contributed by atoms with Crippen LogP contribution in [0.2, 0.25) is 0 Å². The number of carbonyl (C=O) groups is 1. The van der Waals surface area contributed by atoms with Crippen molar-refractivity contribution in [2.75, 3.05) is 12.4 Å². The average molecular weight is 270 g/mol. The Morgan fingerprint density at radius 2 is 1.95 bits per heavy atom. The third kappa shape index (κ3) is 2.03. The summed E-state index contributed by atoms with van der Waals surface area (Å²) in [4.78, 5) is 12.0. The molecule has 0 saturated carbocycles. The lowest BCUT2D eigenvalue weighted by atomic mass is 10.0. The van der Waals surface area contributed by atoms with Crippen LogP contribution in [0.25, 0.3) is 0 Å². The van der Waals surface area contributed by atoms with Crippen molar-refractivity contribution < 1.29 is 14.6 Å². The molecule has 1 atom stereocenters. The van der Waals surface area contributed by atoms with E-state index < -0.39 is 6.17 Å². The van der Waals surface area contributed by atoms with Crippen molar-refractivity contribution in [3.63, 3.8) is 0 Å². The van der Waals surface area contributed by atoms with E-state index in [0.717, 1.165) is 5.69 Å². The number of aromatic hydroxyl groups is 1. The first kappa shape index (κ1) is 12.3. The number of hydrogen-bond acceptors (Lipinski definition) is 4. The van der Waals surface area contributed by atoms with E-state index in [-0.39, 0.29) is 11.7 Å². The van der Waals surface area contributed by atoms with Crippen LogP contribution in [-0.2, 0) is 0 Å². The molecule has 5 nitrogen and oxygen atoms in total. The molecule has 2 aromatic rings. The van der Waals surface area contributed by atoms with Crippen molar-refractivity contribution in [2.24, 2.45) is 0 Å². The van der Waals surface area contributed by atoms with E-state index in [0.29, 0.717) is 16.9 Å². The van der Waals surface area contributed by atoms with Gasteiger partial charge in [0.25, 0.3) is 5.91 Å². The fraction of sp³-hybridized carbons (Fsp3) is 0.133. The Balaban J connectivity index is 1.96. The van der Waals surface area contributed by atoms with Gasteiger partial charge in [0.15, 0.2) is 0 Å². The van der Waals surface area contributed by atoms with Crippen molar-refractivity contribution in [3.8, 4) is 11.5 Å². The molecule has 3 rings (SSSR count). The molecule has 0 aliphatic carbocycles. The van der Waals surface area contributed by atoms with E-state index in [4.69, 9.17) is 4.74 Å². The first-order valence-electron chi connectivity index (χ1n) is 6.22. The van der Waals surface area contributed by atoms with Gasteiger partial charge in [0.05, 0.1) is 12.7 Å². The zero-order chi connectivity index (χ0) is 14.1. The summed E-state index contributed by atoms with van der Waals surface area (Å²) in [5.74, 6) is 0.467. The molecule has 0 aromatic heterocycles. The molecule has 3 N–H and O–H groups in total. The minimum Gasteiger partial charge on any atom is -0.507 e. The topological polar surface area (TPSA) is 70.6 Å². The highest BCUT2D eigenvalue weighted by atomic mass is 16.5. The summed E-state index contributed by atoms with van der Waals surface area (Å²) in [6, 6.07) is 12.2. The number of amides is 1. The third-order valence-corrected chi connectivity index (χ3v) is 3.30. The molecule has 1 amide bonds. The Labute approximate surface area is 116 Å². The standard InChI is InChI=1S/C15H14N2O3/c1-20-9-6-7-11(13(18)8-9)14-16-12-5-3-2-4-10(12)15(19)17-14/h2-8,14,16,18H,1H3,(H,17,19). The molecular formula is C15H14N2O3. The van der Waals surface area contributed by atoms with Crippen LogP contribution in [0.4, 0.5) is 5.69 Å². The number of para-hydroxylation sites is 1. The number of nitrogens with one attached hydrogen (secondary N) is 2. The van der Waals surface area contributed by atoms with Crippen LogP contribution >= 0.6 is 0 Å². The number of ether oxygens (including phenoxy) is 1. The number of phenolic OH excluding ortho intramolecular Hbond substituents is 1. The third-order valence-electron chi connectivity index (χ3n) is 3.30. The zero-order valence-electron chi connectivity index (χ0n) is 10.9. The summed E-state index contributed by atoms with van der Waals surface area (Å²) in [5, 5.41) is 16.0. The average Bonchev–Trinajstić information content (AvgIpc) is 2.47. The Morgan fingerprint density at radius 1 is 1.15 bits per heavy atom. The lowest BCUT2D eigenvalue weighted by Crippen LogP contribution is -2.38. The van der Waals surface area contributed by atoms with E-state index in [1.807, 2.05) is 18.2 Å². The fourth-order valence-corrected chi connectivity index (χ4v) is 2.26. The van der Waals surface area contributed by atoms with Crippen LogP contribution in [0.3, 0.4) is 0 Å². The highest BCUT2D eigenvalue weighted by Gasteiger charge is 2.25. The monoisotopic (exact) mass is 270 g/mol. The largest absolute Gasteiger partial charge is 0.507 e. The molecule has 0 bridgehead atoms. The van der Waals surface area contributed by atoms with Gasteiger partial charge in [0.1, 0.15) is 17.7 Å². The second-order valence-corrected chi connectivity index (χ2v) is 4.52. The summed E-state index contributed by atoms with van der Waals surface area (Å²) in [6.07, 6.45) is -0.469. The highest BCUT2D eigenvalue weighted by molar-refractivity contribution is 6.01. The first-order valence-corrected chi connectivity index (χ1v) is 6.22. The van der Waals surface area contributed by atoms with Crippen LogP contribution in [0.15, 0.2) is 42.5 Å². The van der Waals surface area contributed by atoms with Crippen LogP contribution < -0.4 is 15.4 Å². The van der Waals surface area contributed by atoms with Gasteiger partial charge in [-0.2, -0.15) is 0 Å². The molecule has 1 heterocycles. The van der Waals surface area contributed by atoms with Gasteiger partial charge >= 0.3 is 0 Å². The number of carbonyl (C=O) groups excluding carboxylic acids is 1. The van der Waals surface area contributed by atoms with Crippen LogP contribution in [0.5, 0.6) is 11.5 Å². The first-order chi connectivity index (χ1) is 9.69. The number of phenols is 1. The molecule has 5 heteroatoms. The van der Waals surface area contributed by atoms with Crippen molar-refractivity contribution in [1.29, 1.82) is 0 Å². The molecule has 0 saturated heterocycles. The Kier molecular flexibility index (Phi) is 2.95. The lowest BCUT2D eigenvalue weighted by Gasteiger charge is -2.28. The van der Waals surface area contributed by atoms with Crippen LogP contribution in [-0.4, -0.2) is 18.1 Å². The molecule has 1 aliphatic heterocycles. The molecule has 0 radical (unpaired) electrons. The molecule has 0 spiro atoms. The van der Waals surface area contributed by atoms with Gasteiger partial charge in [-0.3, -0.25) is 4.79 Å². The van der Waals surface area contributed by atoms with Crippen molar-refractivity contribution in [1.82, 2.24) is 5.32 Å². The number of hydrogen-bond donors (Lipinski definition) is 3. The second-order valence-electron chi connectivity index (χ2n) is 4.52. The molecule has 102 valence electrons. The smallest absolute Gasteiger partial charge is 0.255 e. The number of rotatable bonds is 2. The maximum absolute atomic E-state index is 12.0. The van der Waals surface area contributed by atoms with E-state index >= 15 is 0 Å². The molecular weight excluding hydrogens is 256 g/mol. The van der Waals surface area contributed by atoms with Crippen molar-refractivity contribution >= 4 is 11.6 Å². The summed E-state index contributed by atoms with van der Waals surface area (Å²) >= 11 is 0. The van der Waals surface area contributed by atoms with E-state index in [2.05, 4.69) is 10.6 Å². The minimum absolute atomic E-state index is 0.0709. The predicted octanol–water partition coefficient (Wildman–Crippen LogP) is 2.25. The zero-order valence-corrected chi connectivity index (χ0v) is 10.9. The van der Waals surface area contributed by atoms with Gasteiger partial charge < -0.3 is 20.5 Å². The molecule has 20 heavy (non-hydrogen) atoms. The van der Waals surface area contributed by atoms with Gasteiger partial charge in [-0.1, -0.05) is 12.1 Å². The summed E-state index contributed by atoms with van der Waals surface area (Å²) in [7, 11) is 1.53. The van der Waals surface area contributed by atoms with Gasteiger partial charge in [-0.05, 0) is 24.3 Å². The summed E-state index contributed by atoms with van der Waals surface area (Å²) in [6.45, 7) is 0. The number of benzene rings is 2. The Bertz CT molecular complexity index is 670. The van der Waals surface area contributed by atoms with E-state index in [1.54, 1.807) is 18.2 Å². The summed E-state index contributed by atoms with van der Waals surface area (Å²) in [5.41, 5.74) is 1.93. The van der Waals surface area contributed by atoms with E-state index in [9.17, 15) is 9.90 Å². The highest BCUT2D eigenvalue weighted by Crippen LogP contribution is 2.32. The van der Waals surface area contributed by atoms with Crippen molar-refractivity contribution in [3.05, 3.63) is 53.6 Å². The van der Waals surface area contributed by atoms with Crippen LogP contribution in [0, 0.1) is 0 Å². The Morgan fingerprint density at radius 3 is 2.70 bits per heavy atom. The van der Waals surface area contributed by atoms with Gasteiger partial charge in [0.2, 0.25) is 0 Å². The van der Waals surface area contributed by atoms with Gasteiger partial charge in [-0.15, -0.1) is 0 Å². The van der Waals surface area contributed by atoms with Crippen LogP contribution in [0.1, 0.15) is 22.1 Å². The van der Waals surface area contributed by atoms with Crippen molar-refractivity contribution in [2.45, 2.75) is 6.17 Å². The minimum atomic E-state index is -0.469.